The largest absolute Gasteiger partial charge is 0.488 e. The molecule has 0 atom stereocenters. The van der Waals surface area contributed by atoms with Crippen LogP contribution >= 0.6 is 31.9 Å². The third kappa shape index (κ3) is 4.97. The van der Waals surface area contributed by atoms with Crippen molar-refractivity contribution in [2.45, 2.75) is 26.4 Å². The van der Waals surface area contributed by atoms with Crippen molar-refractivity contribution in [1.29, 1.82) is 0 Å². The number of hydrogen-bond acceptors (Lipinski definition) is 6. The van der Waals surface area contributed by atoms with Gasteiger partial charge in [-0.1, -0.05) is 35.8 Å². The average molecular weight is 599 g/mol. The van der Waals surface area contributed by atoms with Crippen molar-refractivity contribution in [2.24, 2.45) is 5.10 Å². The number of benzene rings is 3. The normalized spacial score (nSPS) is 12.7. The fraction of sp³-hybridized carbons (Fsp3) is 0.192. The third-order valence-corrected chi connectivity index (χ3v) is 6.57. The molecule has 1 aromatic heterocycles. The van der Waals surface area contributed by atoms with Crippen molar-refractivity contribution in [1.82, 2.24) is 9.66 Å². The molecule has 0 radical (unpaired) electrons. The van der Waals surface area contributed by atoms with Crippen molar-refractivity contribution >= 4 is 49.0 Å². The lowest BCUT2D eigenvalue weighted by Crippen LogP contribution is -2.23. The minimum atomic E-state index is -0.209. The second kappa shape index (κ2) is 9.83. The topological polar surface area (TPSA) is 74.9 Å². The maximum Gasteiger partial charge on any atom is 0.282 e. The van der Waals surface area contributed by atoms with E-state index in [1.165, 1.54) is 4.68 Å². The van der Waals surface area contributed by atoms with E-state index in [0.717, 1.165) is 31.6 Å². The number of rotatable bonds is 6. The highest BCUT2D eigenvalue weighted by molar-refractivity contribution is 9.10. The smallest absolute Gasteiger partial charge is 0.282 e. The van der Waals surface area contributed by atoms with Gasteiger partial charge in [0.2, 0.25) is 6.79 Å². The van der Waals surface area contributed by atoms with Crippen LogP contribution in [0.4, 0.5) is 0 Å². The Morgan fingerprint density at radius 2 is 1.91 bits per heavy atom. The molecule has 2 heterocycles. The Kier molecular flexibility index (Phi) is 6.62. The number of halogens is 2. The predicted octanol–water partition coefficient (Wildman–Crippen LogP) is 6.23. The molecule has 0 saturated heterocycles. The number of nitrogens with zero attached hydrogens (tertiary/aromatic N) is 3. The lowest BCUT2D eigenvalue weighted by molar-refractivity contribution is 0.174. The minimum absolute atomic E-state index is 0.0200. The van der Waals surface area contributed by atoms with Gasteiger partial charge in [0.25, 0.3) is 5.56 Å². The van der Waals surface area contributed by atoms with E-state index in [1.807, 2.05) is 62.4 Å². The van der Waals surface area contributed by atoms with E-state index < -0.39 is 0 Å². The van der Waals surface area contributed by atoms with Crippen LogP contribution in [0.5, 0.6) is 17.2 Å². The summed E-state index contributed by atoms with van der Waals surface area (Å²) in [4.78, 5) is 17.9. The summed E-state index contributed by atoms with van der Waals surface area (Å²) >= 11 is 7.00. The molecule has 0 fully saturated rings. The van der Waals surface area contributed by atoms with Gasteiger partial charge in [-0.2, -0.15) is 9.78 Å². The van der Waals surface area contributed by atoms with Gasteiger partial charge in [0.05, 0.1) is 21.6 Å². The first kappa shape index (κ1) is 23.6. The molecule has 0 saturated carbocycles. The summed E-state index contributed by atoms with van der Waals surface area (Å²) in [7, 11) is 0. The van der Waals surface area contributed by atoms with E-state index in [0.29, 0.717) is 29.1 Å². The molecule has 35 heavy (non-hydrogen) atoms. The summed E-state index contributed by atoms with van der Waals surface area (Å²) < 4.78 is 19.7. The van der Waals surface area contributed by atoms with E-state index in [1.54, 1.807) is 12.3 Å². The lowest BCUT2D eigenvalue weighted by atomic mass is 10.2. The van der Waals surface area contributed by atoms with Crippen LogP contribution < -0.4 is 19.8 Å². The van der Waals surface area contributed by atoms with Crippen LogP contribution in [0.1, 0.15) is 36.7 Å². The summed E-state index contributed by atoms with van der Waals surface area (Å²) in [5.41, 5.74) is 2.23. The summed E-state index contributed by atoms with van der Waals surface area (Å²) in [5, 5.41) is 5.00. The second-order valence-corrected chi connectivity index (χ2v) is 10.1. The number of aromatic nitrogens is 2. The fourth-order valence-corrected chi connectivity index (χ4v) is 4.55. The van der Waals surface area contributed by atoms with Crippen LogP contribution in [-0.2, 0) is 6.61 Å². The Morgan fingerprint density at radius 3 is 2.71 bits per heavy atom. The molecule has 0 spiro atoms. The van der Waals surface area contributed by atoms with Gasteiger partial charge < -0.3 is 14.2 Å². The molecule has 0 N–H and O–H groups in total. The van der Waals surface area contributed by atoms with Crippen molar-refractivity contribution < 1.29 is 14.2 Å². The number of ether oxygens (including phenoxy) is 3. The Labute approximate surface area is 218 Å². The molecule has 0 amide bonds. The van der Waals surface area contributed by atoms with Crippen LogP contribution in [-0.4, -0.2) is 22.7 Å². The van der Waals surface area contributed by atoms with Crippen LogP contribution in [0.2, 0.25) is 0 Å². The summed E-state index contributed by atoms with van der Waals surface area (Å²) in [6.07, 6.45) is 1.64. The lowest BCUT2D eigenvalue weighted by Gasteiger charge is -2.12. The molecule has 9 heteroatoms. The van der Waals surface area contributed by atoms with Crippen LogP contribution in [0.3, 0.4) is 0 Å². The highest BCUT2D eigenvalue weighted by Crippen LogP contribution is 2.33. The van der Waals surface area contributed by atoms with Gasteiger partial charge in [-0.3, -0.25) is 4.79 Å². The SMILES string of the molecule is CC(C)c1nc2ccc(Br)cc2c(=O)n1N=Cc1ccc(OCc2ccc3c(c2)OCO3)c(Br)c1. The van der Waals surface area contributed by atoms with Crippen molar-refractivity contribution in [2.75, 3.05) is 6.79 Å². The van der Waals surface area contributed by atoms with E-state index >= 15 is 0 Å². The van der Waals surface area contributed by atoms with Gasteiger partial charge in [0.15, 0.2) is 11.5 Å². The van der Waals surface area contributed by atoms with Crippen molar-refractivity contribution in [3.05, 3.63) is 90.8 Å². The third-order valence-electron chi connectivity index (χ3n) is 5.46. The molecule has 178 valence electrons. The molecule has 0 bridgehead atoms. The highest BCUT2D eigenvalue weighted by Gasteiger charge is 2.15. The first-order valence-corrected chi connectivity index (χ1v) is 12.5. The molecule has 0 unspecified atom stereocenters. The van der Waals surface area contributed by atoms with E-state index in [2.05, 4.69) is 41.9 Å². The molecule has 4 aromatic rings. The quantitative estimate of drug-likeness (QED) is 0.246. The molecular weight excluding hydrogens is 578 g/mol. The van der Waals surface area contributed by atoms with Gasteiger partial charge in [-0.05, 0) is 75.6 Å². The molecule has 5 rings (SSSR count). The first-order valence-electron chi connectivity index (χ1n) is 11.0. The Hall–Kier alpha value is -3.17. The highest BCUT2D eigenvalue weighted by atomic mass is 79.9. The molecule has 1 aliphatic heterocycles. The Morgan fingerprint density at radius 1 is 1.09 bits per heavy atom. The van der Waals surface area contributed by atoms with Crippen molar-refractivity contribution in [3.8, 4) is 17.2 Å². The fourth-order valence-electron chi connectivity index (χ4n) is 3.68. The standard InChI is InChI=1S/C26H21Br2N3O4/c1-15(2)25-30-21-6-5-18(27)11-19(21)26(32)31(25)29-12-16-3-7-22(20(28)9-16)33-13-17-4-8-23-24(10-17)35-14-34-23/h3-12,15H,13-14H2,1-2H3. The van der Waals surface area contributed by atoms with Crippen LogP contribution in [0, 0.1) is 0 Å². The predicted molar refractivity (Wildman–Crippen MR) is 142 cm³/mol. The first-order chi connectivity index (χ1) is 16.9. The monoisotopic (exact) mass is 597 g/mol. The molecule has 0 aliphatic carbocycles. The average Bonchev–Trinajstić information content (AvgIpc) is 3.31. The second-order valence-electron chi connectivity index (χ2n) is 8.31. The Balaban J connectivity index is 1.38. The molecule has 1 aliphatic rings. The van der Waals surface area contributed by atoms with Gasteiger partial charge in [-0.25, -0.2) is 4.98 Å². The van der Waals surface area contributed by atoms with E-state index in [-0.39, 0.29) is 18.3 Å². The van der Waals surface area contributed by atoms with Gasteiger partial charge in [0, 0.05) is 10.4 Å². The zero-order valence-corrected chi connectivity index (χ0v) is 22.2. The zero-order valence-electron chi connectivity index (χ0n) is 19.0. The van der Waals surface area contributed by atoms with Crippen molar-refractivity contribution in [3.63, 3.8) is 0 Å². The maximum atomic E-state index is 13.2. The summed E-state index contributed by atoms with van der Waals surface area (Å²) in [6.45, 7) is 4.60. The van der Waals surface area contributed by atoms with Gasteiger partial charge >= 0.3 is 0 Å². The zero-order chi connectivity index (χ0) is 24.5. The maximum absolute atomic E-state index is 13.2. The van der Waals surface area contributed by atoms with Crippen LogP contribution in [0.25, 0.3) is 10.9 Å². The summed E-state index contributed by atoms with van der Waals surface area (Å²) in [6, 6.07) is 16.9. The number of fused-ring (bicyclic) bond motifs is 2. The van der Waals surface area contributed by atoms with Gasteiger partial charge in [-0.15, -0.1) is 0 Å². The van der Waals surface area contributed by atoms with E-state index in [9.17, 15) is 4.79 Å². The molecule has 7 nitrogen and oxygen atoms in total. The molecule has 3 aromatic carbocycles. The van der Waals surface area contributed by atoms with Crippen LogP contribution in [0.15, 0.2) is 73.4 Å². The minimum Gasteiger partial charge on any atom is -0.488 e. The molecular formula is C26H21Br2N3O4. The van der Waals surface area contributed by atoms with Gasteiger partial charge in [0.1, 0.15) is 18.2 Å². The number of hydrogen-bond donors (Lipinski definition) is 0. The summed E-state index contributed by atoms with van der Waals surface area (Å²) in [5.74, 6) is 2.78. The van der Waals surface area contributed by atoms with E-state index in [4.69, 9.17) is 14.2 Å². The Bertz CT molecular complexity index is 1510.